The van der Waals surface area contributed by atoms with E-state index in [1.807, 2.05) is 42.2 Å². The zero-order valence-corrected chi connectivity index (χ0v) is 33.5. The molecule has 2 fully saturated rings. The van der Waals surface area contributed by atoms with Gasteiger partial charge in [-0.2, -0.15) is 15.1 Å². The summed E-state index contributed by atoms with van der Waals surface area (Å²) in [5.74, 6) is 1.15. The lowest BCUT2D eigenvalue weighted by Crippen LogP contribution is -2.49. The molecule has 1 amide bonds. The van der Waals surface area contributed by atoms with E-state index in [9.17, 15) is 9.90 Å². The molecule has 1 saturated heterocycles. The van der Waals surface area contributed by atoms with Crippen LogP contribution < -0.4 is 19.3 Å². The molecule has 5 aliphatic rings. The molecule has 13 nitrogen and oxygen atoms in total. The Morgan fingerprint density at radius 3 is 2.77 bits per heavy atom. The van der Waals surface area contributed by atoms with Crippen LogP contribution in [0.15, 0.2) is 59.1 Å². The van der Waals surface area contributed by atoms with E-state index in [1.165, 1.54) is 11.1 Å². The Labute approximate surface area is 332 Å². The molecule has 1 unspecified atom stereocenters. The molecule has 296 valence electrons. The molecule has 0 radical (unpaired) electrons. The molecule has 6 atom stereocenters. The van der Waals surface area contributed by atoms with Crippen molar-refractivity contribution in [3.8, 4) is 5.75 Å². The summed E-state index contributed by atoms with van der Waals surface area (Å²) in [7, 11) is -1.67. The summed E-state index contributed by atoms with van der Waals surface area (Å²) in [5, 5.41) is 17.3. The number of anilines is 3. The van der Waals surface area contributed by atoms with Crippen molar-refractivity contribution < 1.29 is 23.6 Å². The van der Waals surface area contributed by atoms with Gasteiger partial charge in [0.25, 0.3) is 5.91 Å². The van der Waals surface area contributed by atoms with Crippen molar-refractivity contribution >= 4 is 55.9 Å². The van der Waals surface area contributed by atoms with Gasteiger partial charge in [-0.25, -0.2) is 4.21 Å². The minimum absolute atomic E-state index is 0.0655. The number of benzene rings is 2. The van der Waals surface area contributed by atoms with E-state index in [2.05, 4.69) is 31.2 Å². The molecule has 2 bridgehead atoms. The maximum Gasteiger partial charge on any atom is 0.286 e. The zero-order chi connectivity index (χ0) is 38.6. The molecule has 1 saturated carbocycles. The van der Waals surface area contributed by atoms with Crippen molar-refractivity contribution in [2.24, 2.45) is 29.2 Å². The maximum absolute atomic E-state index is 15.2. The lowest BCUT2D eigenvalue weighted by atomic mass is 9.68. The van der Waals surface area contributed by atoms with Gasteiger partial charge >= 0.3 is 0 Å². The van der Waals surface area contributed by atoms with Crippen LogP contribution >= 0.6 is 11.6 Å². The third kappa shape index (κ3) is 7.25. The van der Waals surface area contributed by atoms with Gasteiger partial charge in [-0.1, -0.05) is 36.7 Å². The van der Waals surface area contributed by atoms with Crippen molar-refractivity contribution in [1.82, 2.24) is 19.7 Å². The second-order valence-corrected chi connectivity index (χ2v) is 18.8. The van der Waals surface area contributed by atoms with E-state index in [-0.39, 0.29) is 28.9 Å². The summed E-state index contributed by atoms with van der Waals surface area (Å²) in [6.45, 7) is 6.17. The smallest absolute Gasteiger partial charge is 0.286 e. The first-order valence-electron chi connectivity index (χ1n) is 19.8. The Bertz CT molecular complexity index is 2320. The average molecular weight is 801 g/mol. The Hall–Kier alpha value is -4.24. The number of allylic oxidation sites excluding steroid dienone is 1. The van der Waals surface area contributed by atoms with E-state index in [0.717, 1.165) is 42.8 Å². The van der Waals surface area contributed by atoms with Crippen LogP contribution in [0.4, 0.5) is 17.5 Å². The molecule has 4 aromatic rings. The predicted molar refractivity (Wildman–Crippen MR) is 218 cm³/mol. The number of morpholine rings is 1. The van der Waals surface area contributed by atoms with Crippen molar-refractivity contribution in [2.45, 2.75) is 57.0 Å². The van der Waals surface area contributed by atoms with Gasteiger partial charge in [0, 0.05) is 55.4 Å². The highest BCUT2D eigenvalue weighted by Gasteiger charge is 2.44. The minimum Gasteiger partial charge on any atom is -0.490 e. The number of hydrogen-bond donors (Lipinski definition) is 2. The predicted octanol–water partition coefficient (Wildman–Crippen LogP) is 5.94. The van der Waals surface area contributed by atoms with Crippen molar-refractivity contribution in [3.63, 3.8) is 0 Å². The fourth-order valence-electron chi connectivity index (χ4n) is 9.28. The number of hydrogen-bond acceptors (Lipinski definition) is 10. The van der Waals surface area contributed by atoms with Gasteiger partial charge in [-0.05, 0) is 97.7 Å². The first-order valence-corrected chi connectivity index (χ1v) is 21.9. The van der Waals surface area contributed by atoms with E-state index >= 15 is 4.21 Å². The van der Waals surface area contributed by atoms with Crippen LogP contribution in [0.1, 0.15) is 60.5 Å². The number of rotatable bonds is 3. The number of aliphatic hydroxyl groups is 1. The largest absolute Gasteiger partial charge is 0.490 e. The van der Waals surface area contributed by atoms with Gasteiger partial charge in [0.1, 0.15) is 15.7 Å². The number of carbonyl (C=O) groups excluding carboxylic acids is 1. The highest BCUT2D eigenvalue weighted by Crippen LogP contribution is 2.47. The first kappa shape index (κ1) is 37.3. The van der Waals surface area contributed by atoms with Gasteiger partial charge in [-0.15, -0.1) is 4.36 Å². The van der Waals surface area contributed by atoms with Crippen molar-refractivity contribution in [3.05, 3.63) is 76.5 Å². The summed E-state index contributed by atoms with van der Waals surface area (Å²) >= 11 is 6.48. The summed E-state index contributed by atoms with van der Waals surface area (Å²) in [6.07, 6.45) is 10.5. The number of fused-ring (bicyclic) bond motifs is 5. The van der Waals surface area contributed by atoms with Crippen LogP contribution in [0, 0.1) is 17.8 Å². The van der Waals surface area contributed by atoms with Gasteiger partial charge in [0.15, 0.2) is 11.5 Å². The number of nitrogens with zero attached hydrogens (tertiary/aromatic N) is 7. The Balaban J connectivity index is 1.13. The van der Waals surface area contributed by atoms with Crippen molar-refractivity contribution in [1.29, 1.82) is 0 Å². The normalized spacial score (nSPS) is 30.0. The van der Waals surface area contributed by atoms with Crippen LogP contribution in [-0.2, 0) is 33.5 Å². The van der Waals surface area contributed by atoms with Gasteiger partial charge in [0.2, 0.25) is 5.95 Å². The number of aryl methyl sites for hydroxylation is 2. The Morgan fingerprint density at radius 2 is 1.95 bits per heavy atom. The second-order valence-electron chi connectivity index (χ2n) is 16.4. The van der Waals surface area contributed by atoms with Crippen LogP contribution in [0.3, 0.4) is 0 Å². The van der Waals surface area contributed by atoms with Crippen LogP contribution in [-0.4, -0.2) is 92.8 Å². The van der Waals surface area contributed by atoms with Crippen LogP contribution in [0.5, 0.6) is 5.75 Å². The minimum atomic E-state index is -3.47. The summed E-state index contributed by atoms with van der Waals surface area (Å²) in [6, 6.07) is 11.6. The third-order valence-electron chi connectivity index (χ3n) is 12.3. The SMILES string of the molecule is C[C@H]1C/C=C/[C@H](O)[C@@H]2CC[C@H]2CN2C[C@@]3(CCCc4cc(Cl)ccc43)COc3ccc(cc32)C(=O)N=S(=O)(Nc2nc(N3CCOCC3)nc3nn(C)cc23)C1. The molecule has 56 heavy (non-hydrogen) atoms. The zero-order valence-electron chi connectivity index (χ0n) is 31.9. The third-order valence-corrected chi connectivity index (χ3v) is 14.5. The summed E-state index contributed by atoms with van der Waals surface area (Å²) in [5.41, 5.74) is 3.81. The van der Waals surface area contributed by atoms with Crippen LogP contribution in [0.25, 0.3) is 11.0 Å². The lowest BCUT2D eigenvalue weighted by Gasteiger charge is -2.45. The molecule has 2 aliphatic carbocycles. The van der Waals surface area contributed by atoms with E-state index in [0.29, 0.717) is 86.5 Å². The standard InChI is InChI=1S/C41H49ClN8O5S/c1-26-5-3-7-35(51)31-11-8-29(31)21-50-24-41(14-4-6-27-19-30(42)10-12-33(27)41)25-55-36-13-9-28(20-34(36)50)39(52)47-56(53,23-26)46-38-32-22-48(2)45-37(32)43-40(44-38)49-15-17-54-18-16-49/h3,7,9-10,12-13,19-20,22,26,29,31,35,51H,4-6,8,11,14-18,21,23-25H2,1-2H3,(H,43,44,45,46,47,52,53)/b7-3+/t26-,29-,31+,35-,41-,56?/m0/s1. The van der Waals surface area contributed by atoms with E-state index in [4.69, 9.17) is 31.0 Å². The quantitative estimate of drug-likeness (QED) is 0.239. The molecule has 2 N–H and O–H groups in total. The molecule has 2 aromatic heterocycles. The molecule has 2 aromatic carbocycles. The van der Waals surface area contributed by atoms with Gasteiger partial charge < -0.3 is 24.4 Å². The number of nitrogens with one attached hydrogen (secondary N) is 1. The molecule has 15 heteroatoms. The number of amides is 1. The van der Waals surface area contributed by atoms with Crippen LogP contribution in [0.2, 0.25) is 5.02 Å². The highest BCUT2D eigenvalue weighted by atomic mass is 35.5. The molecule has 3 aliphatic heterocycles. The fourth-order valence-corrected chi connectivity index (χ4v) is 11.4. The molecule has 5 heterocycles. The number of aliphatic hydroxyl groups excluding tert-OH is 1. The molecule has 9 rings (SSSR count). The monoisotopic (exact) mass is 800 g/mol. The summed E-state index contributed by atoms with van der Waals surface area (Å²) < 4.78 is 36.7. The number of carbonyl (C=O) groups is 1. The van der Waals surface area contributed by atoms with Gasteiger partial charge in [-0.3, -0.25) is 14.2 Å². The summed E-state index contributed by atoms with van der Waals surface area (Å²) in [4.78, 5) is 28.3. The number of aromatic nitrogens is 4. The Morgan fingerprint density at radius 1 is 1.09 bits per heavy atom. The van der Waals surface area contributed by atoms with Crippen molar-refractivity contribution in [2.75, 3.05) is 66.3 Å². The molecular formula is C41H49ClN8O5S. The second kappa shape index (κ2) is 14.9. The fraction of sp³-hybridized carbons (Fsp3) is 0.512. The topological polar surface area (TPSA) is 147 Å². The highest BCUT2D eigenvalue weighted by molar-refractivity contribution is 7.95. The maximum atomic E-state index is 15.2. The first-order chi connectivity index (χ1) is 27.0. The number of halogens is 1. The average Bonchev–Trinajstić information content (AvgIpc) is 3.48. The van der Waals surface area contributed by atoms with E-state index < -0.39 is 21.9 Å². The van der Waals surface area contributed by atoms with Gasteiger partial charge in [0.05, 0.1) is 42.8 Å². The molecular weight excluding hydrogens is 752 g/mol. The number of ether oxygens (including phenoxy) is 2. The lowest BCUT2D eigenvalue weighted by molar-refractivity contribution is 0.0456. The molecule has 1 spiro atoms. The Kier molecular flexibility index (Phi) is 9.95. The van der Waals surface area contributed by atoms with E-state index in [1.54, 1.807) is 24.0 Å².